The van der Waals surface area contributed by atoms with E-state index in [1.807, 2.05) is 18.2 Å². The van der Waals surface area contributed by atoms with Gasteiger partial charge < -0.3 is 14.8 Å². The Hall–Kier alpha value is -2.16. The summed E-state index contributed by atoms with van der Waals surface area (Å²) in [4.78, 5) is 0. The maximum absolute atomic E-state index is 5.42. The summed E-state index contributed by atoms with van der Waals surface area (Å²) < 4.78 is 10.7. The summed E-state index contributed by atoms with van der Waals surface area (Å²) >= 11 is 0. The summed E-state index contributed by atoms with van der Waals surface area (Å²) in [5.41, 5.74) is 3.66. The van der Waals surface area contributed by atoms with Gasteiger partial charge in [-0.05, 0) is 61.2 Å². The molecule has 3 heteroatoms. The highest BCUT2D eigenvalue weighted by atomic mass is 16.5. The van der Waals surface area contributed by atoms with E-state index in [0.29, 0.717) is 0 Å². The Balaban J connectivity index is 2.04. The third-order valence-electron chi connectivity index (χ3n) is 3.51. The molecular formula is C18H23NO2. The minimum Gasteiger partial charge on any atom is -0.497 e. The van der Waals surface area contributed by atoms with E-state index in [9.17, 15) is 0 Å². The molecule has 0 aliphatic rings. The SMILES string of the molecule is CCNc1ccc(CCc2cc(OC)ccc2OC)cc1. The molecule has 0 heterocycles. The molecule has 0 bridgehead atoms. The van der Waals surface area contributed by atoms with Crippen LogP contribution in [-0.4, -0.2) is 20.8 Å². The van der Waals surface area contributed by atoms with Gasteiger partial charge in [0.25, 0.3) is 0 Å². The average molecular weight is 285 g/mol. The zero-order valence-corrected chi connectivity index (χ0v) is 13.0. The minimum atomic E-state index is 0.869. The highest BCUT2D eigenvalue weighted by molar-refractivity contribution is 5.45. The second-order valence-corrected chi connectivity index (χ2v) is 4.91. The maximum atomic E-state index is 5.42. The first-order valence-electron chi connectivity index (χ1n) is 7.30. The van der Waals surface area contributed by atoms with Gasteiger partial charge in [0.15, 0.2) is 0 Å². The highest BCUT2D eigenvalue weighted by Crippen LogP contribution is 2.25. The Morgan fingerprint density at radius 2 is 1.67 bits per heavy atom. The molecule has 0 aromatic heterocycles. The molecule has 2 rings (SSSR count). The Labute approximate surface area is 126 Å². The van der Waals surface area contributed by atoms with Crippen LogP contribution < -0.4 is 14.8 Å². The fourth-order valence-corrected chi connectivity index (χ4v) is 2.35. The average Bonchev–Trinajstić information content (AvgIpc) is 2.54. The van der Waals surface area contributed by atoms with Gasteiger partial charge in [0.2, 0.25) is 0 Å². The third-order valence-corrected chi connectivity index (χ3v) is 3.51. The molecule has 112 valence electrons. The molecule has 0 saturated heterocycles. The molecule has 1 N–H and O–H groups in total. The first kappa shape index (κ1) is 15.2. The molecule has 0 unspecified atom stereocenters. The number of benzene rings is 2. The number of methoxy groups -OCH3 is 2. The number of rotatable bonds is 7. The van der Waals surface area contributed by atoms with Crippen molar-refractivity contribution in [3.05, 3.63) is 53.6 Å². The van der Waals surface area contributed by atoms with Crippen LogP contribution in [0, 0.1) is 0 Å². The molecule has 2 aromatic rings. The van der Waals surface area contributed by atoms with Crippen LogP contribution in [0.2, 0.25) is 0 Å². The number of hydrogen-bond acceptors (Lipinski definition) is 3. The summed E-state index contributed by atoms with van der Waals surface area (Å²) in [5.74, 6) is 1.79. The van der Waals surface area contributed by atoms with Crippen LogP contribution in [0.15, 0.2) is 42.5 Å². The first-order chi connectivity index (χ1) is 10.3. The molecule has 0 fully saturated rings. The summed E-state index contributed by atoms with van der Waals surface area (Å²) in [6.45, 7) is 3.04. The fourth-order valence-electron chi connectivity index (χ4n) is 2.35. The highest BCUT2D eigenvalue weighted by Gasteiger charge is 2.05. The molecule has 0 aliphatic heterocycles. The number of hydrogen-bond donors (Lipinski definition) is 1. The molecular weight excluding hydrogens is 262 g/mol. The second kappa shape index (κ2) is 7.58. The van der Waals surface area contributed by atoms with Gasteiger partial charge in [0.1, 0.15) is 11.5 Å². The molecule has 0 saturated carbocycles. The minimum absolute atomic E-state index is 0.869. The van der Waals surface area contributed by atoms with Crippen molar-refractivity contribution in [3.63, 3.8) is 0 Å². The van der Waals surface area contributed by atoms with Crippen molar-refractivity contribution in [3.8, 4) is 11.5 Å². The van der Waals surface area contributed by atoms with Gasteiger partial charge in [-0.2, -0.15) is 0 Å². The topological polar surface area (TPSA) is 30.5 Å². The van der Waals surface area contributed by atoms with E-state index < -0.39 is 0 Å². The lowest BCUT2D eigenvalue weighted by atomic mass is 10.0. The lowest BCUT2D eigenvalue weighted by Gasteiger charge is -2.11. The normalized spacial score (nSPS) is 10.2. The molecule has 0 radical (unpaired) electrons. The standard InChI is InChI=1S/C18H23NO2/c1-4-19-16-9-6-14(7-10-16)5-8-15-13-17(20-2)11-12-18(15)21-3/h6-7,9-13,19H,4-5,8H2,1-3H3. The lowest BCUT2D eigenvalue weighted by Crippen LogP contribution is -1.98. The van der Waals surface area contributed by atoms with Gasteiger partial charge in [-0.3, -0.25) is 0 Å². The Morgan fingerprint density at radius 3 is 2.29 bits per heavy atom. The van der Waals surface area contributed by atoms with Crippen LogP contribution in [-0.2, 0) is 12.8 Å². The summed E-state index contributed by atoms with van der Waals surface area (Å²) in [7, 11) is 3.39. The van der Waals surface area contributed by atoms with E-state index in [2.05, 4.69) is 36.5 Å². The Morgan fingerprint density at radius 1 is 0.905 bits per heavy atom. The molecule has 0 atom stereocenters. The van der Waals surface area contributed by atoms with Crippen molar-refractivity contribution < 1.29 is 9.47 Å². The van der Waals surface area contributed by atoms with Gasteiger partial charge >= 0.3 is 0 Å². The van der Waals surface area contributed by atoms with Gasteiger partial charge in [-0.1, -0.05) is 12.1 Å². The second-order valence-electron chi connectivity index (χ2n) is 4.91. The van der Waals surface area contributed by atoms with Crippen molar-refractivity contribution in [2.75, 3.05) is 26.1 Å². The smallest absolute Gasteiger partial charge is 0.122 e. The lowest BCUT2D eigenvalue weighted by molar-refractivity contribution is 0.398. The van der Waals surface area contributed by atoms with E-state index in [1.165, 1.54) is 16.8 Å². The van der Waals surface area contributed by atoms with Crippen LogP contribution in [0.1, 0.15) is 18.1 Å². The summed E-state index contributed by atoms with van der Waals surface area (Å²) in [6, 6.07) is 14.5. The number of aryl methyl sites for hydroxylation is 2. The van der Waals surface area contributed by atoms with E-state index in [0.717, 1.165) is 30.9 Å². The summed E-state index contributed by atoms with van der Waals surface area (Å²) in [6.07, 6.45) is 1.91. The van der Waals surface area contributed by atoms with Gasteiger partial charge in [-0.25, -0.2) is 0 Å². The molecule has 3 nitrogen and oxygen atoms in total. The third kappa shape index (κ3) is 4.15. The predicted molar refractivity (Wildman–Crippen MR) is 87.6 cm³/mol. The zero-order valence-electron chi connectivity index (χ0n) is 13.0. The van der Waals surface area contributed by atoms with Crippen molar-refractivity contribution in [2.45, 2.75) is 19.8 Å². The summed E-state index contributed by atoms with van der Waals surface area (Å²) in [5, 5.41) is 3.31. The van der Waals surface area contributed by atoms with Gasteiger partial charge in [0.05, 0.1) is 14.2 Å². The van der Waals surface area contributed by atoms with Crippen molar-refractivity contribution in [1.29, 1.82) is 0 Å². The molecule has 0 amide bonds. The predicted octanol–water partition coefficient (Wildman–Crippen LogP) is 3.92. The first-order valence-corrected chi connectivity index (χ1v) is 7.30. The maximum Gasteiger partial charge on any atom is 0.122 e. The molecule has 2 aromatic carbocycles. The monoisotopic (exact) mass is 285 g/mol. The Kier molecular flexibility index (Phi) is 5.50. The quantitative estimate of drug-likeness (QED) is 0.836. The fraction of sp³-hybridized carbons (Fsp3) is 0.333. The van der Waals surface area contributed by atoms with Crippen molar-refractivity contribution in [2.24, 2.45) is 0 Å². The van der Waals surface area contributed by atoms with Crippen molar-refractivity contribution >= 4 is 5.69 Å². The van der Waals surface area contributed by atoms with Crippen molar-refractivity contribution in [1.82, 2.24) is 0 Å². The number of nitrogens with one attached hydrogen (secondary N) is 1. The zero-order chi connectivity index (χ0) is 15.1. The van der Waals surface area contributed by atoms with E-state index in [-0.39, 0.29) is 0 Å². The largest absolute Gasteiger partial charge is 0.497 e. The van der Waals surface area contributed by atoms with Crippen LogP contribution in [0.4, 0.5) is 5.69 Å². The Bertz CT molecular complexity index is 564. The van der Waals surface area contributed by atoms with Crippen LogP contribution in [0.3, 0.4) is 0 Å². The van der Waals surface area contributed by atoms with E-state index >= 15 is 0 Å². The van der Waals surface area contributed by atoms with E-state index in [1.54, 1.807) is 14.2 Å². The molecule has 0 aliphatic carbocycles. The van der Waals surface area contributed by atoms with Crippen LogP contribution in [0.5, 0.6) is 11.5 Å². The molecule has 21 heavy (non-hydrogen) atoms. The number of ether oxygens (including phenoxy) is 2. The van der Waals surface area contributed by atoms with Crippen LogP contribution in [0.25, 0.3) is 0 Å². The van der Waals surface area contributed by atoms with Crippen LogP contribution >= 0.6 is 0 Å². The number of anilines is 1. The molecule has 0 spiro atoms. The van der Waals surface area contributed by atoms with Gasteiger partial charge in [-0.15, -0.1) is 0 Å². The van der Waals surface area contributed by atoms with Gasteiger partial charge in [0, 0.05) is 12.2 Å². The van der Waals surface area contributed by atoms with E-state index in [4.69, 9.17) is 9.47 Å².